The lowest BCUT2D eigenvalue weighted by molar-refractivity contribution is -0.138. The molecular weight excluding hydrogens is 314 g/mol. The quantitative estimate of drug-likeness (QED) is 0.485. The van der Waals surface area contributed by atoms with E-state index in [0.29, 0.717) is 6.54 Å². The van der Waals surface area contributed by atoms with Crippen molar-refractivity contribution in [2.45, 2.75) is 57.7 Å². The normalized spacial score (nSPS) is 18.6. The highest BCUT2D eigenvalue weighted by Crippen LogP contribution is 2.24. The molecule has 0 bridgehead atoms. The van der Waals surface area contributed by atoms with Gasteiger partial charge < -0.3 is 10.6 Å². The van der Waals surface area contributed by atoms with Crippen molar-refractivity contribution in [2.24, 2.45) is 0 Å². The zero-order chi connectivity index (χ0) is 17.5. The fraction of sp³-hybridized carbons (Fsp3) is 0.812. The van der Waals surface area contributed by atoms with Crippen LogP contribution in [0.15, 0.2) is 0 Å². The van der Waals surface area contributed by atoms with Gasteiger partial charge >= 0.3 is 0 Å². The van der Waals surface area contributed by atoms with Crippen molar-refractivity contribution >= 4 is 29.5 Å². The molecule has 1 atom stereocenters. The number of nitrogens with one attached hydrogen (secondary N) is 2. The van der Waals surface area contributed by atoms with Crippen LogP contribution < -0.4 is 10.6 Å². The third kappa shape index (κ3) is 7.35. The third-order valence-electron chi connectivity index (χ3n) is 3.46. The molecule has 3 amide bonds. The standard InChI is InChI=1S/C16H29N3O3S/c1-5-23-12-11-14(21)19(15(12)22)10-7-13(20)17-8-6-9-18-16(2,3)4/h12,18H,5-11H2,1-4H3,(H,17,20). The summed E-state index contributed by atoms with van der Waals surface area (Å²) < 4.78 is 0. The predicted molar refractivity (Wildman–Crippen MR) is 93.3 cm³/mol. The van der Waals surface area contributed by atoms with Crippen LogP contribution in [-0.2, 0) is 14.4 Å². The van der Waals surface area contributed by atoms with Crippen LogP contribution in [0.2, 0.25) is 0 Å². The average Bonchev–Trinajstić information content (AvgIpc) is 2.70. The molecule has 1 heterocycles. The van der Waals surface area contributed by atoms with E-state index >= 15 is 0 Å². The second-order valence-electron chi connectivity index (χ2n) is 6.66. The van der Waals surface area contributed by atoms with Gasteiger partial charge in [0.05, 0.1) is 5.25 Å². The van der Waals surface area contributed by atoms with Gasteiger partial charge in [0.15, 0.2) is 0 Å². The number of hydrogen-bond donors (Lipinski definition) is 2. The van der Waals surface area contributed by atoms with Crippen molar-refractivity contribution in [1.82, 2.24) is 15.5 Å². The molecule has 2 N–H and O–H groups in total. The molecule has 7 heteroatoms. The maximum absolute atomic E-state index is 12.1. The molecule has 0 radical (unpaired) electrons. The maximum atomic E-state index is 12.1. The van der Waals surface area contributed by atoms with Gasteiger partial charge in [-0.05, 0) is 39.5 Å². The van der Waals surface area contributed by atoms with Gasteiger partial charge in [-0.1, -0.05) is 6.92 Å². The molecular formula is C16H29N3O3S. The molecule has 0 aliphatic carbocycles. The van der Waals surface area contributed by atoms with Crippen LogP contribution in [0.3, 0.4) is 0 Å². The summed E-state index contributed by atoms with van der Waals surface area (Å²) in [6.07, 6.45) is 1.28. The first-order chi connectivity index (χ1) is 10.7. The van der Waals surface area contributed by atoms with Crippen molar-refractivity contribution in [3.8, 4) is 0 Å². The van der Waals surface area contributed by atoms with Gasteiger partial charge in [0, 0.05) is 31.5 Å². The predicted octanol–water partition coefficient (Wildman–Crippen LogP) is 1.15. The van der Waals surface area contributed by atoms with Gasteiger partial charge in [-0.25, -0.2) is 0 Å². The topological polar surface area (TPSA) is 78.5 Å². The van der Waals surface area contributed by atoms with Gasteiger partial charge in [0.25, 0.3) is 0 Å². The van der Waals surface area contributed by atoms with Gasteiger partial charge in [0.1, 0.15) is 0 Å². The van der Waals surface area contributed by atoms with Crippen LogP contribution in [0.5, 0.6) is 0 Å². The smallest absolute Gasteiger partial charge is 0.242 e. The maximum Gasteiger partial charge on any atom is 0.242 e. The lowest BCUT2D eigenvalue weighted by atomic mass is 10.1. The largest absolute Gasteiger partial charge is 0.356 e. The second kappa shape index (κ2) is 9.27. The zero-order valence-corrected chi connectivity index (χ0v) is 15.4. The Balaban J connectivity index is 2.21. The minimum atomic E-state index is -0.265. The highest BCUT2D eigenvalue weighted by Gasteiger charge is 2.38. The Morgan fingerprint density at radius 3 is 2.61 bits per heavy atom. The van der Waals surface area contributed by atoms with Crippen LogP contribution >= 0.6 is 11.8 Å². The summed E-state index contributed by atoms with van der Waals surface area (Å²) in [6, 6.07) is 0. The van der Waals surface area contributed by atoms with Crippen LogP contribution in [0.4, 0.5) is 0 Å². The number of hydrogen-bond acceptors (Lipinski definition) is 5. The summed E-state index contributed by atoms with van der Waals surface area (Å²) in [7, 11) is 0. The van der Waals surface area contributed by atoms with Gasteiger partial charge in [0.2, 0.25) is 17.7 Å². The van der Waals surface area contributed by atoms with E-state index in [9.17, 15) is 14.4 Å². The van der Waals surface area contributed by atoms with Gasteiger partial charge in [-0.2, -0.15) is 0 Å². The molecule has 23 heavy (non-hydrogen) atoms. The molecule has 1 aliphatic rings. The number of carbonyl (C=O) groups is 3. The summed E-state index contributed by atoms with van der Waals surface area (Å²) in [6.45, 7) is 9.87. The highest BCUT2D eigenvalue weighted by atomic mass is 32.2. The second-order valence-corrected chi connectivity index (χ2v) is 8.14. The van der Waals surface area contributed by atoms with Crippen molar-refractivity contribution in [3.05, 3.63) is 0 Å². The summed E-state index contributed by atoms with van der Waals surface area (Å²) in [5.74, 6) is 0.376. The first-order valence-electron chi connectivity index (χ1n) is 8.22. The molecule has 0 aromatic carbocycles. The Bertz CT molecular complexity index is 435. The molecule has 1 aliphatic heterocycles. The van der Waals surface area contributed by atoms with E-state index in [-0.39, 0.29) is 47.9 Å². The number of thioether (sulfide) groups is 1. The Hall–Kier alpha value is -1.08. The molecule has 1 unspecified atom stereocenters. The molecule has 0 aromatic heterocycles. The Morgan fingerprint density at radius 2 is 2.00 bits per heavy atom. The van der Waals surface area contributed by atoms with Crippen LogP contribution in [0.1, 0.15) is 47.0 Å². The van der Waals surface area contributed by atoms with E-state index in [1.54, 1.807) is 0 Å². The summed E-state index contributed by atoms with van der Waals surface area (Å²) in [4.78, 5) is 36.9. The SMILES string of the molecule is CCSC1CC(=O)N(CCC(=O)NCCCNC(C)(C)C)C1=O. The lowest BCUT2D eigenvalue weighted by Gasteiger charge is -2.20. The first-order valence-corrected chi connectivity index (χ1v) is 9.27. The number of nitrogens with zero attached hydrogens (tertiary/aromatic N) is 1. The van der Waals surface area contributed by atoms with E-state index < -0.39 is 0 Å². The van der Waals surface area contributed by atoms with E-state index in [4.69, 9.17) is 0 Å². The van der Waals surface area contributed by atoms with Crippen LogP contribution in [-0.4, -0.2) is 58.8 Å². The fourth-order valence-electron chi connectivity index (χ4n) is 2.30. The van der Waals surface area contributed by atoms with Gasteiger partial charge in [-0.3, -0.25) is 19.3 Å². The fourth-order valence-corrected chi connectivity index (χ4v) is 3.23. The molecule has 0 spiro atoms. The Kier molecular flexibility index (Phi) is 8.05. The third-order valence-corrected chi connectivity index (χ3v) is 4.57. The van der Waals surface area contributed by atoms with E-state index in [1.165, 1.54) is 16.7 Å². The Labute approximate surface area is 143 Å². The number of imide groups is 1. The summed E-state index contributed by atoms with van der Waals surface area (Å²) >= 11 is 1.49. The minimum absolute atomic E-state index is 0.0769. The Morgan fingerprint density at radius 1 is 1.30 bits per heavy atom. The highest BCUT2D eigenvalue weighted by molar-refractivity contribution is 8.00. The van der Waals surface area contributed by atoms with Crippen molar-refractivity contribution in [2.75, 3.05) is 25.4 Å². The number of likely N-dealkylation sites (tertiary alicyclic amines) is 1. The van der Waals surface area contributed by atoms with Crippen LogP contribution in [0.25, 0.3) is 0 Å². The lowest BCUT2D eigenvalue weighted by Crippen LogP contribution is -2.38. The molecule has 0 aromatic rings. The number of carbonyl (C=O) groups excluding carboxylic acids is 3. The van der Waals surface area contributed by atoms with Crippen molar-refractivity contribution in [3.63, 3.8) is 0 Å². The average molecular weight is 343 g/mol. The molecule has 1 saturated heterocycles. The molecule has 132 valence electrons. The van der Waals surface area contributed by atoms with Crippen molar-refractivity contribution in [1.29, 1.82) is 0 Å². The molecule has 1 rings (SSSR count). The number of rotatable bonds is 9. The minimum Gasteiger partial charge on any atom is -0.356 e. The van der Waals surface area contributed by atoms with E-state index in [0.717, 1.165) is 18.7 Å². The first kappa shape index (κ1) is 20.0. The summed E-state index contributed by atoms with van der Waals surface area (Å²) in [5, 5.41) is 5.91. The van der Waals surface area contributed by atoms with Crippen molar-refractivity contribution < 1.29 is 14.4 Å². The molecule has 0 saturated carbocycles. The van der Waals surface area contributed by atoms with E-state index in [2.05, 4.69) is 31.4 Å². The van der Waals surface area contributed by atoms with E-state index in [1.807, 2.05) is 6.92 Å². The number of amides is 3. The van der Waals surface area contributed by atoms with Gasteiger partial charge in [-0.15, -0.1) is 11.8 Å². The molecule has 1 fully saturated rings. The monoisotopic (exact) mass is 343 g/mol. The zero-order valence-electron chi connectivity index (χ0n) is 14.6. The summed E-state index contributed by atoms with van der Waals surface area (Å²) in [5.41, 5.74) is 0.0769. The molecule has 6 nitrogen and oxygen atoms in total. The van der Waals surface area contributed by atoms with Crippen LogP contribution in [0, 0.1) is 0 Å².